The fourth-order valence-electron chi connectivity index (χ4n) is 3.53. The summed E-state index contributed by atoms with van der Waals surface area (Å²) in [5, 5.41) is 0. The van der Waals surface area contributed by atoms with E-state index in [0.29, 0.717) is 24.2 Å². The van der Waals surface area contributed by atoms with Crippen LogP contribution in [-0.2, 0) is 14.6 Å². The maximum Gasteiger partial charge on any atom is 0.194 e. The van der Waals surface area contributed by atoms with Crippen LogP contribution in [0.1, 0.15) is 49.0 Å². The Morgan fingerprint density at radius 1 is 1.10 bits per heavy atom. The number of hydrogen-bond donors (Lipinski definition) is 0. The smallest absolute Gasteiger partial charge is 0.194 e. The van der Waals surface area contributed by atoms with Crippen molar-refractivity contribution in [3.05, 3.63) is 59.7 Å². The minimum Gasteiger partial charge on any atom is -0.497 e. The molecule has 2 unspecified atom stereocenters. The Morgan fingerprint density at radius 2 is 1.79 bits per heavy atom. The Bertz CT molecular complexity index is 935. The SMILES string of the molecule is CCCC(CS(=O)(=O)c1ccc(OC)cc1C(=O)c1ccccc1)C(C=O)CC. The quantitative estimate of drug-likeness (QED) is 0.402. The van der Waals surface area contributed by atoms with Gasteiger partial charge in [0.25, 0.3) is 0 Å². The van der Waals surface area contributed by atoms with Crippen LogP contribution in [0.15, 0.2) is 53.4 Å². The second-order valence-corrected chi connectivity index (χ2v) is 9.10. The van der Waals surface area contributed by atoms with Gasteiger partial charge in [0, 0.05) is 17.0 Å². The molecule has 0 spiro atoms. The number of ketones is 1. The van der Waals surface area contributed by atoms with Crippen molar-refractivity contribution in [2.75, 3.05) is 12.9 Å². The van der Waals surface area contributed by atoms with E-state index < -0.39 is 9.84 Å². The Balaban J connectivity index is 2.51. The molecule has 0 fully saturated rings. The molecule has 0 N–H and O–H groups in total. The average Bonchev–Trinajstić information content (AvgIpc) is 2.74. The first-order chi connectivity index (χ1) is 13.9. The van der Waals surface area contributed by atoms with Gasteiger partial charge in [-0.1, -0.05) is 50.6 Å². The van der Waals surface area contributed by atoms with Crippen molar-refractivity contribution in [3.63, 3.8) is 0 Å². The minimum absolute atomic E-state index is 0.0194. The molecular formula is C23H28O5S. The number of carbonyl (C=O) groups is 2. The summed E-state index contributed by atoms with van der Waals surface area (Å²) in [5.74, 6) is -0.741. The molecule has 0 bridgehead atoms. The van der Waals surface area contributed by atoms with Crippen LogP contribution in [-0.4, -0.2) is 33.3 Å². The van der Waals surface area contributed by atoms with E-state index in [1.54, 1.807) is 36.4 Å². The van der Waals surface area contributed by atoms with Crippen molar-refractivity contribution in [3.8, 4) is 5.75 Å². The maximum atomic E-state index is 13.3. The number of rotatable bonds is 11. The molecule has 2 aromatic rings. The van der Waals surface area contributed by atoms with Gasteiger partial charge in [0.05, 0.1) is 17.8 Å². The topological polar surface area (TPSA) is 77.5 Å². The van der Waals surface area contributed by atoms with Crippen LogP contribution in [0.4, 0.5) is 0 Å². The fraction of sp³-hybridized carbons (Fsp3) is 0.391. The third-order valence-electron chi connectivity index (χ3n) is 5.15. The van der Waals surface area contributed by atoms with Gasteiger partial charge in [-0.05, 0) is 37.0 Å². The summed E-state index contributed by atoms with van der Waals surface area (Å²) >= 11 is 0. The summed E-state index contributed by atoms with van der Waals surface area (Å²) in [4.78, 5) is 24.5. The molecule has 0 saturated heterocycles. The summed E-state index contributed by atoms with van der Waals surface area (Å²) in [5.41, 5.74) is 0.492. The van der Waals surface area contributed by atoms with Gasteiger partial charge < -0.3 is 9.53 Å². The first kappa shape index (κ1) is 22.8. The van der Waals surface area contributed by atoms with Crippen molar-refractivity contribution < 1.29 is 22.7 Å². The molecule has 6 heteroatoms. The number of methoxy groups -OCH3 is 1. The standard InChI is InChI=1S/C23H28O5S/c1-4-9-19(17(5-2)15-24)16-29(26,27)22-13-12-20(28-3)14-21(22)23(25)18-10-7-6-8-11-18/h6-8,10-15,17,19H,4-5,9,16H2,1-3H3. The molecule has 0 aliphatic carbocycles. The predicted octanol–water partition coefficient (Wildman–Crippen LogP) is 4.34. The summed E-state index contributed by atoms with van der Waals surface area (Å²) in [6.45, 7) is 3.85. The van der Waals surface area contributed by atoms with E-state index in [1.165, 1.54) is 19.2 Å². The largest absolute Gasteiger partial charge is 0.497 e. The Labute approximate surface area is 173 Å². The molecule has 29 heavy (non-hydrogen) atoms. The van der Waals surface area contributed by atoms with Crippen molar-refractivity contribution >= 4 is 21.9 Å². The molecule has 0 amide bonds. The monoisotopic (exact) mass is 416 g/mol. The summed E-state index contributed by atoms with van der Waals surface area (Å²) < 4.78 is 31.8. The molecule has 2 rings (SSSR count). The van der Waals surface area contributed by atoms with E-state index in [0.717, 1.165) is 12.7 Å². The first-order valence-corrected chi connectivity index (χ1v) is 11.5. The molecule has 156 valence electrons. The summed E-state index contributed by atoms with van der Waals surface area (Å²) in [6.07, 6.45) is 2.85. The molecule has 0 radical (unpaired) electrons. The molecule has 2 atom stereocenters. The Hall–Kier alpha value is -2.47. The molecule has 2 aromatic carbocycles. The summed E-state index contributed by atoms with van der Waals surface area (Å²) in [6, 6.07) is 13.0. The second-order valence-electron chi connectivity index (χ2n) is 7.10. The van der Waals surface area contributed by atoms with Crippen molar-refractivity contribution in [1.29, 1.82) is 0 Å². The number of carbonyl (C=O) groups excluding carboxylic acids is 2. The van der Waals surface area contributed by atoms with E-state index in [1.807, 2.05) is 13.8 Å². The molecule has 0 saturated carbocycles. The van der Waals surface area contributed by atoms with Gasteiger partial charge in [-0.2, -0.15) is 0 Å². The van der Waals surface area contributed by atoms with Crippen molar-refractivity contribution in [2.24, 2.45) is 11.8 Å². The lowest BCUT2D eigenvalue weighted by Gasteiger charge is -2.22. The van der Waals surface area contributed by atoms with Gasteiger partial charge in [-0.3, -0.25) is 4.79 Å². The van der Waals surface area contributed by atoms with Crippen LogP contribution in [0.5, 0.6) is 5.75 Å². The van der Waals surface area contributed by atoms with Gasteiger partial charge >= 0.3 is 0 Å². The van der Waals surface area contributed by atoms with Gasteiger partial charge in [0.15, 0.2) is 15.6 Å². The number of benzene rings is 2. The zero-order valence-corrected chi connectivity index (χ0v) is 17.9. The number of ether oxygens (including phenoxy) is 1. The number of aldehydes is 1. The van der Waals surface area contributed by atoms with E-state index in [2.05, 4.69) is 0 Å². The Morgan fingerprint density at radius 3 is 2.34 bits per heavy atom. The van der Waals surface area contributed by atoms with E-state index in [9.17, 15) is 18.0 Å². The number of sulfone groups is 1. The normalized spacial score (nSPS) is 13.5. The van der Waals surface area contributed by atoms with Gasteiger partial charge in [-0.15, -0.1) is 0 Å². The highest BCUT2D eigenvalue weighted by atomic mass is 32.2. The highest BCUT2D eigenvalue weighted by molar-refractivity contribution is 7.91. The van der Waals surface area contributed by atoms with Gasteiger partial charge in [0.2, 0.25) is 0 Å². The lowest BCUT2D eigenvalue weighted by Crippen LogP contribution is -2.25. The molecule has 0 aliphatic heterocycles. The lowest BCUT2D eigenvalue weighted by atomic mass is 9.89. The van der Waals surface area contributed by atoms with E-state index in [-0.39, 0.29) is 33.8 Å². The van der Waals surface area contributed by atoms with Crippen LogP contribution in [0.2, 0.25) is 0 Å². The van der Waals surface area contributed by atoms with Crippen LogP contribution in [0.3, 0.4) is 0 Å². The van der Waals surface area contributed by atoms with Crippen molar-refractivity contribution in [2.45, 2.75) is 38.0 Å². The third-order valence-corrected chi connectivity index (χ3v) is 7.04. The fourth-order valence-corrected chi connectivity index (χ4v) is 5.45. The van der Waals surface area contributed by atoms with E-state index in [4.69, 9.17) is 4.74 Å². The highest BCUT2D eigenvalue weighted by Crippen LogP contribution is 2.29. The predicted molar refractivity (Wildman–Crippen MR) is 113 cm³/mol. The number of hydrogen-bond acceptors (Lipinski definition) is 5. The van der Waals surface area contributed by atoms with Gasteiger partial charge in [-0.25, -0.2) is 8.42 Å². The zero-order chi connectivity index (χ0) is 21.4. The summed E-state index contributed by atoms with van der Waals surface area (Å²) in [7, 11) is -2.33. The minimum atomic E-state index is -3.79. The van der Waals surface area contributed by atoms with Crippen LogP contribution >= 0.6 is 0 Å². The average molecular weight is 417 g/mol. The lowest BCUT2D eigenvalue weighted by molar-refractivity contribution is -0.112. The maximum absolute atomic E-state index is 13.3. The molecular weight excluding hydrogens is 388 g/mol. The van der Waals surface area contributed by atoms with Crippen LogP contribution in [0, 0.1) is 11.8 Å². The highest BCUT2D eigenvalue weighted by Gasteiger charge is 2.30. The van der Waals surface area contributed by atoms with Crippen LogP contribution < -0.4 is 4.74 Å². The van der Waals surface area contributed by atoms with E-state index >= 15 is 0 Å². The molecule has 5 nitrogen and oxygen atoms in total. The second kappa shape index (κ2) is 10.3. The van der Waals surface area contributed by atoms with Crippen molar-refractivity contribution in [1.82, 2.24) is 0 Å². The molecule has 0 aromatic heterocycles. The first-order valence-electron chi connectivity index (χ1n) is 9.83. The third kappa shape index (κ3) is 5.54. The zero-order valence-electron chi connectivity index (χ0n) is 17.1. The Kier molecular flexibility index (Phi) is 8.14. The van der Waals surface area contributed by atoms with Crippen LogP contribution in [0.25, 0.3) is 0 Å². The molecule has 0 aliphatic rings. The van der Waals surface area contributed by atoms with Gasteiger partial charge in [0.1, 0.15) is 12.0 Å². The molecule has 0 heterocycles.